The van der Waals surface area contributed by atoms with Gasteiger partial charge in [-0.15, -0.1) is 34.0 Å². The van der Waals surface area contributed by atoms with Crippen molar-refractivity contribution < 1.29 is 0 Å². The lowest BCUT2D eigenvalue weighted by Gasteiger charge is -2.04. The number of thiophene rings is 3. The molecule has 0 bridgehead atoms. The molecule has 31 heavy (non-hydrogen) atoms. The summed E-state index contributed by atoms with van der Waals surface area (Å²) in [5.41, 5.74) is 2.60. The molecule has 146 valence electrons. The summed E-state index contributed by atoms with van der Waals surface area (Å²) in [5.74, 6) is 0. The zero-order valence-corrected chi connectivity index (χ0v) is 18.9. The first kappa shape index (κ1) is 17.7. The minimum absolute atomic E-state index is 1.30. The molecule has 0 aliphatic heterocycles. The molecule has 0 radical (unpaired) electrons. The third-order valence-corrected chi connectivity index (χ3v) is 8.95. The molecular weight excluding hydrogens is 433 g/mol. The molecule has 0 N–H and O–H groups in total. The van der Waals surface area contributed by atoms with Crippen LogP contribution in [0.3, 0.4) is 0 Å². The summed E-state index contributed by atoms with van der Waals surface area (Å²) in [4.78, 5) is 2.65. The fourth-order valence-corrected chi connectivity index (χ4v) is 7.07. The van der Waals surface area contributed by atoms with Gasteiger partial charge in [-0.3, -0.25) is 0 Å². The molecule has 3 heteroatoms. The van der Waals surface area contributed by atoms with Gasteiger partial charge in [0.25, 0.3) is 0 Å². The maximum absolute atomic E-state index is 2.37. The van der Waals surface area contributed by atoms with Gasteiger partial charge in [-0.1, -0.05) is 36.4 Å². The minimum Gasteiger partial charge on any atom is -0.144 e. The SMILES string of the molecule is c1csc(-c2ccc3cc4c(cc3c2)sc2cc3cc(-c5cccs5)ccc3cc24)c1. The largest absolute Gasteiger partial charge is 0.144 e. The highest BCUT2D eigenvalue weighted by atomic mass is 32.1. The molecule has 0 spiro atoms. The molecule has 7 rings (SSSR count). The average molecular weight is 449 g/mol. The van der Waals surface area contributed by atoms with Crippen molar-refractivity contribution in [3.63, 3.8) is 0 Å². The Morgan fingerprint density at radius 1 is 0.452 bits per heavy atom. The zero-order chi connectivity index (χ0) is 20.4. The van der Waals surface area contributed by atoms with Gasteiger partial charge in [0.1, 0.15) is 0 Å². The highest BCUT2D eigenvalue weighted by Crippen LogP contribution is 2.40. The van der Waals surface area contributed by atoms with E-state index >= 15 is 0 Å². The van der Waals surface area contributed by atoms with E-state index in [1.807, 2.05) is 11.3 Å². The van der Waals surface area contributed by atoms with Gasteiger partial charge in [0.05, 0.1) is 0 Å². The van der Waals surface area contributed by atoms with E-state index in [1.54, 1.807) is 22.7 Å². The summed E-state index contributed by atoms with van der Waals surface area (Å²) >= 11 is 5.50. The van der Waals surface area contributed by atoms with E-state index in [4.69, 9.17) is 0 Å². The molecular formula is C28H16S3. The Kier molecular flexibility index (Phi) is 3.85. The summed E-state index contributed by atoms with van der Waals surface area (Å²) in [6, 6.07) is 31.8. The van der Waals surface area contributed by atoms with E-state index in [1.165, 1.54) is 62.6 Å². The molecule has 0 unspecified atom stereocenters. The highest BCUT2D eigenvalue weighted by Gasteiger charge is 2.10. The van der Waals surface area contributed by atoms with Gasteiger partial charge < -0.3 is 0 Å². The Bertz CT molecular complexity index is 1590. The molecule has 0 atom stereocenters. The van der Waals surface area contributed by atoms with Crippen LogP contribution in [0.2, 0.25) is 0 Å². The van der Waals surface area contributed by atoms with E-state index in [2.05, 4.69) is 95.7 Å². The summed E-state index contributed by atoms with van der Waals surface area (Å²) in [7, 11) is 0. The van der Waals surface area contributed by atoms with Crippen LogP contribution in [0.15, 0.2) is 95.7 Å². The molecule has 0 nitrogen and oxygen atoms in total. The van der Waals surface area contributed by atoms with Crippen LogP contribution in [-0.4, -0.2) is 0 Å². The van der Waals surface area contributed by atoms with Crippen molar-refractivity contribution in [3.05, 3.63) is 95.7 Å². The van der Waals surface area contributed by atoms with Gasteiger partial charge in [-0.05, 0) is 92.0 Å². The Balaban J connectivity index is 1.44. The number of fused-ring (bicyclic) bond motifs is 5. The third-order valence-electron chi connectivity index (χ3n) is 6.00. The minimum atomic E-state index is 1.30. The van der Waals surface area contributed by atoms with Crippen LogP contribution in [0.5, 0.6) is 0 Å². The first-order valence-electron chi connectivity index (χ1n) is 10.2. The van der Waals surface area contributed by atoms with Crippen molar-refractivity contribution in [1.29, 1.82) is 0 Å². The molecule has 0 aliphatic rings. The zero-order valence-electron chi connectivity index (χ0n) is 16.5. The summed E-state index contributed by atoms with van der Waals surface area (Å²) in [6.45, 7) is 0. The number of hydrogen-bond acceptors (Lipinski definition) is 3. The quantitative estimate of drug-likeness (QED) is 0.247. The van der Waals surface area contributed by atoms with Gasteiger partial charge in [0.15, 0.2) is 0 Å². The fourth-order valence-electron chi connectivity index (χ4n) is 4.45. The number of hydrogen-bond donors (Lipinski definition) is 0. The van der Waals surface area contributed by atoms with Gasteiger partial charge >= 0.3 is 0 Å². The first-order valence-corrected chi connectivity index (χ1v) is 12.8. The van der Waals surface area contributed by atoms with Crippen molar-refractivity contribution in [2.45, 2.75) is 0 Å². The Labute approximate surface area is 191 Å². The van der Waals surface area contributed by atoms with Gasteiger partial charge in [0.2, 0.25) is 0 Å². The molecule has 3 aromatic heterocycles. The fraction of sp³-hybridized carbons (Fsp3) is 0. The van der Waals surface area contributed by atoms with Crippen LogP contribution < -0.4 is 0 Å². The van der Waals surface area contributed by atoms with E-state index in [0.717, 1.165) is 0 Å². The van der Waals surface area contributed by atoms with E-state index < -0.39 is 0 Å². The van der Waals surface area contributed by atoms with Crippen molar-refractivity contribution in [2.24, 2.45) is 0 Å². The molecule has 3 heterocycles. The Hall–Kier alpha value is -2.98. The third kappa shape index (κ3) is 2.85. The second kappa shape index (κ2) is 6.76. The molecule has 0 saturated carbocycles. The Morgan fingerprint density at radius 3 is 1.42 bits per heavy atom. The van der Waals surface area contributed by atoms with E-state index in [-0.39, 0.29) is 0 Å². The number of benzene rings is 4. The van der Waals surface area contributed by atoms with Crippen molar-refractivity contribution >= 4 is 75.7 Å². The maximum Gasteiger partial charge on any atom is 0.0361 e. The monoisotopic (exact) mass is 448 g/mol. The smallest absolute Gasteiger partial charge is 0.0361 e. The molecule has 0 aliphatic carbocycles. The molecule has 0 amide bonds. The summed E-state index contributed by atoms with van der Waals surface area (Å²) < 4.78 is 2.72. The van der Waals surface area contributed by atoms with Crippen LogP contribution >= 0.6 is 34.0 Å². The predicted octanol–water partition coefficient (Wildman–Crippen LogP) is 9.82. The summed E-state index contributed by atoms with van der Waals surface area (Å²) in [5, 5.41) is 12.2. The van der Waals surface area contributed by atoms with Crippen molar-refractivity contribution in [1.82, 2.24) is 0 Å². The molecule has 4 aromatic carbocycles. The second-order valence-electron chi connectivity index (χ2n) is 7.88. The molecule has 7 aromatic rings. The van der Waals surface area contributed by atoms with Crippen LogP contribution in [0.1, 0.15) is 0 Å². The van der Waals surface area contributed by atoms with Crippen molar-refractivity contribution in [3.8, 4) is 20.9 Å². The average Bonchev–Trinajstić information content (AvgIpc) is 3.56. The molecule has 0 fully saturated rings. The maximum atomic E-state index is 2.37. The van der Waals surface area contributed by atoms with E-state index in [0.29, 0.717) is 0 Å². The van der Waals surface area contributed by atoms with Crippen LogP contribution in [0.25, 0.3) is 62.6 Å². The van der Waals surface area contributed by atoms with Crippen molar-refractivity contribution in [2.75, 3.05) is 0 Å². The normalized spacial score (nSPS) is 11.9. The second-order valence-corrected chi connectivity index (χ2v) is 10.9. The lowest BCUT2D eigenvalue weighted by Crippen LogP contribution is -1.78. The lowest BCUT2D eigenvalue weighted by molar-refractivity contribution is 1.77. The number of rotatable bonds is 2. The van der Waals surface area contributed by atoms with Gasteiger partial charge in [-0.25, -0.2) is 0 Å². The molecule has 0 saturated heterocycles. The standard InChI is InChI=1S/C28H16S3/c1-3-25(29-9-1)19-7-5-17-13-23-24-14-18-6-8-20(26-4-2-10-30-26)12-22(18)16-28(24)31-27(23)15-21(17)11-19/h1-16H. The topological polar surface area (TPSA) is 0 Å². The van der Waals surface area contributed by atoms with Crippen LogP contribution in [0.4, 0.5) is 0 Å². The van der Waals surface area contributed by atoms with Gasteiger partial charge in [-0.2, -0.15) is 0 Å². The first-order chi connectivity index (χ1) is 15.3. The Morgan fingerprint density at radius 2 is 0.968 bits per heavy atom. The van der Waals surface area contributed by atoms with Crippen LogP contribution in [-0.2, 0) is 0 Å². The highest BCUT2D eigenvalue weighted by molar-refractivity contribution is 7.26. The summed E-state index contributed by atoms with van der Waals surface area (Å²) in [6.07, 6.45) is 0. The predicted molar refractivity (Wildman–Crippen MR) is 141 cm³/mol. The van der Waals surface area contributed by atoms with Crippen LogP contribution in [0, 0.1) is 0 Å². The van der Waals surface area contributed by atoms with Gasteiger partial charge in [0, 0.05) is 29.9 Å². The van der Waals surface area contributed by atoms with E-state index in [9.17, 15) is 0 Å². The lowest BCUT2D eigenvalue weighted by atomic mass is 10.0.